The molecule has 0 spiro atoms. The zero-order valence-corrected chi connectivity index (χ0v) is 11.9. The van der Waals surface area contributed by atoms with Gasteiger partial charge in [0.2, 0.25) is 5.91 Å². The second-order valence-electron chi connectivity index (χ2n) is 4.60. The van der Waals surface area contributed by atoms with Crippen LogP contribution < -0.4 is 16.4 Å². The van der Waals surface area contributed by atoms with E-state index in [2.05, 4.69) is 31.2 Å². The summed E-state index contributed by atoms with van der Waals surface area (Å²) >= 11 is 3.25. The summed E-state index contributed by atoms with van der Waals surface area (Å²) in [5.74, 6) is -0.210. The number of hydrogen-bond donors (Lipinski definition) is 3. The average molecular weight is 326 g/mol. The van der Waals surface area contributed by atoms with Crippen molar-refractivity contribution < 1.29 is 4.79 Å². The van der Waals surface area contributed by atoms with Crippen LogP contribution in [0.2, 0.25) is 0 Å². The summed E-state index contributed by atoms with van der Waals surface area (Å²) in [6.45, 7) is 3.45. The van der Waals surface area contributed by atoms with Crippen molar-refractivity contribution in [3.63, 3.8) is 0 Å². The van der Waals surface area contributed by atoms with E-state index in [4.69, 9.17) is 0 Å². The number of anilines is 1. The first-order chi connectivity index (χ1) is 8.77. The lowest BCUT2D eigenvalue weighted by molar-refractivity contribution is -0.117. The van der Waals surface area contributed by atoms with Crippen LogP contribution in [0.3, 0.4) is 0 Å². The average Bonchev–Trinajstić information content (AvgIpc) is 2.29. The van der Waals surface area contributed by atoms with Crippen LogP contribution >= 0.6 is 15.9 Å². The predicted molar refractivity (Wildman–Crippen MR) is 76.8 cm³/mol. The van der Waals surface area contributed by atoms with Crippen LogP contribution in [0.15, 0.2) is 27.8 Å². The standard InChI is InChI=1S/C12H12BrN3O3/c1-12(2,13)11(19)14-6-3-4-7-8(5-6)16-10(18)9(17)15-7/h3-5H,1-2H3,(H,14,19)(H,15,17)(H,16,18). The minimum Gasteiger partial charge on any atom is -0.325 e. The Morgan fingerprint density at radius 3 is 2.32 bits per heavy atom. The Kier molecular flexibility index (Phi) is 3.32. The van der Waals surface area contributed by atoms with Crippen LogP contribution in [-0.2, 0) is 4.79 Å². The van der Waals surface area contributed by atoms with E-state index >= 15 is 0 Å². The Hall–Kier alpha value is -1.89. The molecular formula is C12H12BrN3O3. The highest BCUT2D eigenvalue weighted by atomic mass is 79.9. The molecule has 7 heteroatoms. The van der Waals surface area contributed by atoms with Crippen LogP contribution in [0.25, 0.3) is 11.0 Å². The number of benzene rings is 1. The number of carbonyl (C=O) groups is 1. The molecule has 0 saturated heterocycles. The Morgan fingerprint density at radius 1 is 1.16 bits per heavy atom. The largest absolute Gasteiger partial charge is 0.325 e. The minimum absolute atomic E-state index is 0.210. The van der Waals surface area contributed by atoms with Crippen molar-refractivity contribution in [1.82, 2.24) is 9.97 Å². The number of carbonyl (C=O) groups excluding carboxylic acids is 1. The number of rotatable bonds is 2. The second-order valence-corrected chi connectivity index (χ2v) is 6.58. The van der Waals surface area contributed by atoms with E-state index < -0.39 is 15.4 Å². The first kappa shape index (κ1) is 13.5. The number of fused-ring (bicyclic) bond motifs is 1. The van der Waals surface area contributed by atoms with E-state index in [0.717, 1.165) is 0 Å². The zero-order chi connectivity index (χ0) is 14.2. The zero-order valence-electron chi connectivity index (χ0n) is 10.3. The summed E-state index contributed by atoms with van der Waals surface area (Å²) < 4.78 is -0.694. The van der Waals surface area contributed by atoms with Gasteiger partial charge in [-0.25, -0.2) is 0 Å². The lowest BCUT2D eigenvalue weighted by Gasteiger charge is -2.15. The van der Waals surface area contributed by atoms with Gasteiger partial charge in [0.05, 0.1) is 15.4 Å². The van der Waals surface area contributed by atoms with Crippen LogP contribution in [0, 0.1) is 0 Å². The van der Waals surface area contributed by atoms with Gasteiger partial charge in [-0.2, -0.15) is 0 Å². The molecule has 6 nitrogen and oxygen atoms in total. The molecule has 2 rings (SSSR count). The van der Waals surface area contributed by atoms with Crippen molar-refractivity contribution in [3.8, 4) is 0 Å². The molecule has 0 atom stereocenters. The van der Waals surface area contributed by atoms with E-state index in [1.165, 1.54) is 0 Å². The normalized spacial score (nSPS) is 11.5. The van der Waals surface area contributed by atoms with Crippen LogP contribution in [0.4, 0.5) is 5.69 Å². The highest BCUT2D eigenvalue weighted by Gasteiger charge is 2.23. The van der Waals surface area contributed by atoms with Gasteiger partial charge in [0, 0.05) is 5.69 Å². The molecule has 0 aliphatic heterocycles. The van der Waals surface area contributed by atoms with Gasteiger partial charge in [0.1, 0.15) is 0 Å². The molecule has 2 aromatic rings. The SMILES string of the molecule is CC(C)(Br)C(=O)Nc1ccc2[nH]c(=O)c(=O)[nH]c2c1. The molecule has 1 heterocycles. The van der Waals surface area contributed by atoms with Gasteiger partial charge in [0.25, 0.3) is 0 Å². The third kappa shape index (κ3) is 2.93. The number of nitrogens with one attached hydrogen (secondary N) is 3. The molecule has 0 aliphatic carbocycles. The summed E-state index contributed by atoms with van der Waals surface area (Å²) in [6.07, 6.45) is 0. The van der Waals surface area contributed by atoms with E-state index in [0.29, 0.717) is 16.7 Å². The third-order valence-corrected chi connectivity index (χ3v) is 2.88. The molecule has 0 bridgehead atoms. The molecule has 0 radical (unpaired) electrons. The Bertz CT molecular complexity index is 755. The highest BCUT2D eigenvalue weighted by molar-refractivity contribution is 9.10. The van der Waals surface area contributed by atoms with Crippen LogP contribution in [0.1, 0.15) is 13.8 Å². The predicted octanol–water partition coefficient (Wildman–Crippen LogP) is 1.33. The maximum Gasteiger partial charge on any atom is 0.314 e. The van der Waals surface area contributed by atoms with E-state index in [-0.39, 0.29) is 5.91 Å². The molecule has 1 aromatic heterocycles. The molecule has 3 N–H and O–H groups in total. The maximum absolute atomic E-state index is 11.8. The Labute approximate surface area is 116 Å². The van der Waals surface area contributed by atoms with Gasteiger partial charge in [0.15, 0.2) is 0 Å². The lowest BCUT2D eigenvalue weighted by atomic mass is 10.2. The number of hydrogen-bond acceptors (Lipinski definition) is 3. The molecular weight excluding hydrogens is 314 g/mol. The number of aromatic amines is 2. The van der Waals surface area contributed by atoms with Crippen molar-refractivity contribution in [2.24, 2.45) is 0 Å². The van der Waals surface area contributed by atoms with E-state index in [1.54, 1.807) is 32.0 Å². The first-order valence-corrected chi connectivity index (χ1v) is 6.33. The summed E-state index contributed by atoms with van der Waals surface area (Å²) in [5.41, 5.74) is 0.0610. The van der Waals surface area contributed by atoms with Crippen molar-refractivity contribution in [2.75, 3.05) is 5.32 Å². The molecule has 0 unspecified atom stereocenters. The minimum atomic E-state index is -0.725. The van der Waals surface area contributed by atoms with E-state index in [1.807, 2.05) is 0 Å². The summed E-state index contributed by atoms with van der Waals surface area (Å²) in [5, 5.41) is 2.71. The van der Waals surface area contributed by atoms with Gasteiger partial charge in [-0.15, -0.1) is 0 Å². The fourth-order valence-corrected chi connectivity index (χ4v) is 1.57. The number of halogens is 1. The first-order valence-electron chi connectivity index (χ1n) is 5.54. The van der Waals surface area contributed by atoms with Gasteiger partial charge >= 0.3 is 11.1 Å². The summed E-state index contributed by atoms with van der Waals surface area (Å²) in [4.78, 5) is 39.1. The fourth-order valence-electron chi connectivity index (χ4n) is 1.47. The second kappa shape index (κ2) is 4.65. The number of aromatic nitrogens is 2. The molecule has 0 aliphatic rings. The fraction of sp³-hybridized carbons (Fsp3) is 0.250. The molecule has 19 heavy (non-hydrogen) atoms. The quantitative estimate of drug-likeness (QED) is 0.574. The molecule has 1 aromatic carbocycles. The number of amides is 1. The molecule has 0 fully saturated rings. The number of H-pyrrole nitrogens is 2. The van der Waals surface area contributed by atoms with Gasteiger partial charge in [-0.1, -0.05) is 15.9 Å². The number of alkyl halides is 1. The van der Waals surface area contributed by atoms with Crippen molar-refractivity contribution in [1.29, 1.82) is 0 Å². The van der Waals surface area contributed by atoms with Gasteiger partial charge < -0.3 is 15.3 Å². The van der Waals surface area contributed by atoms with Gasteiger partial charge in [-0.3, -0.25) is 14.4 Å². The van der Waals surface area contributed by atoms with Crippen molar-refractivity contribution in [2.45, 2.75) is 18.2 Å². The smallest absolute Gasteiger partial charge is 0.314 e. The summed E-state index contributed by atoms with van der Waals surface area (Å²) in [6, 6.07) is 4.85. The van der Waals surface area contributed by atoms with Crippen LogP contribution in [0.5, 0.6) is 0 Å². The third-order valence-electron chi connectivity index (χ3n) is 2.52. The maximum atomic E-state index is 11.8. The Balaban J connectivity index is 2.42. The van der Waals surface area contributed by atoms with Crippen molar-refractivity contribution >= 4 is 38.6 Å². The monoisotopic (exact) mass is 325 g/mol. The molecule has 1 amide bonds. The Morgan fingerprint density at radius 2 is 1.74 bits per heavy atom. The molecule has 0 saturated carbocycles. The topological polar surface area (TPSA) is 94.8 Å². The molecule has 100 valence electrons. The summed E-state index contributed by atoms with van der Waals surface area (Å²) in [7, 11) is 0. The van der Waals surface area contributed by atoms with Gasteiger partial charge in [-0.05, 0) is 32.0 Å². The lowest BCUT2D eigenvalue weighted by Crippen LogP contribution is -2.31. The van der Waals surface area contributed by atoms with Crippen LogP contribution in [-0.4, -0.2) is 20.2 Å². The van der Waals surface area contributed by atoms with Crippen molar-refractivity contribution in [3.05, 3.63) is 38.9 Å². The van der Waals surface area contributed by atoms with E-state index in [9.17, 15) is 14.4 Å². The highest BCUT2D eigenvalue weighted by Crippen LogP contribution is 2.20.